The zero-order chi connectivity index (χ0) is 23.7. The zero-order valence-corrected chi connectivity index (χ0v) is 21.8. The molecule has 1 aliphatic carbocycles. The molecule has 1 aliphatic heterocycles. The first-order valence-electron chi connectivity index (χ1n) is 11.5. The lowest BCUT2D eigenvalue weighted by Gasteiger charge is -2.32. The van der Waals surface area contributed by atoms with Gasteiger partial charge < -0.3 is 15.5 Å². The molecule has 5 rings (SSSR count). The van der Waals surface area contributed by atoms with Crippen LogP contribution in [0.4, 0.5) is 15.0 Å². The number of anilines is 1. The molecule has 3 aromatic rings. The van der Waals surface area contributed by atoms with Crippen LogP contribution in [0, 0.1) is 12.7 Å². The predicted octanol–water partition coefficient (Wildman–Crippen LogP) is 4.71. The Labute approximate surface area is 213 Å². The van der Waals surface area contributed by atoms with Crippen LogP contribution >= 0.6 is 30.3 Å². The molecule has 12 heteroatoms. The van der Waals surface area contributed by atoms with Crippen molar-refractivity contribution in [1.82, 2.24) is 34.1 Å². The lowest BCUT2D eigenvalue weighted by Crippen LogP contribution is -2.47. The minimum atomic E-state index is -0.493. The summed E-state index contributed by atoms with van der Waals surface area (Å²) in [5.41, 5.74) is 2.49. The average molecular weight is 596 g/mol. The molecule has 0 radical (unpaired) electrons. The first kappa shape index (κ1) is 23.5. The maximum absolute atomic E-state index is 14.7. The highest BCUT2D eigenvalue weighted by Gasteiger charge is 2.27. The molecule has 180 valence electrons. The quantitative estimate of drug-likeness (QED) is 0.412. The number of aromatic nitrogens is 5. The summed E-state index contributed by atoms with van der Waals surface area (Å²) in [7, 11) is 1.50. The molecule has 2 amide bonds. The van der Waals surface area contributed by atoms with Crippen LogP contribution < -0.4 is 10.6 Å². The molecule has 0 unspecified atom stereocenters. The van der Waals surface area contributed by atoms with Crippen molar-refractivity contribution >= 4 is 53.2 Å². The van der Waals surface area contributed by atoms with E-state index in [4.69, 9.17) is 0 Å². The number of urea groups is 1. The van der Waals surface area contributed by atoms with Gasteiger partial charge in [-0.1, -0.05) is 0 Å². The number of halogens is 2. The number of nitrogens with one attached hydrogen (secondary N) is 2. The number of nitrogens with zero attached hydrogens (tertiary/aromatic N) is 6. The molecule has 0 bridgehead atoms. The minimum Gasteiger partial charge on any atom is -0.365 e. The van der Waals surface area contributed by atoms with Crippen LogP contribution in [-0.4, -0.2) is 60.0 Å². The summed E-state index contributed by atoms with van der Waals surface area (Å²) < 4.78 is 16.7. The predicted molar refractivity (Wildman–Crippen MR) is 139 cm³/mol. The molecule has 2 N–H and O–H groups in total. The molecule has 0 aromatic carbocycles. The van der Waals surface area contributed by atoms with Crippen molar-refractivity contribution in [2.24, 2.45) is 0 Å². The van der Waals surface area contributed by atoms with E-state index in [1.165, 1.54) is 21.6 Å². The number of fused-ring (bicyclic) bond motifs is 1. The van der Waals surface area contributed by atoms with Crippen molar-refractivity contribution in [2.45, 2.75) is 57.5 Å². The minimum absolute atomic E-state index is 0.0147. The summed E-state index contributed by atoms with van der Waals surface area (Å²) >= 11 is 2.20. The molecular weight excluding hydrogens is 570 g/mol. The van der Waals surface area contributed by atoms with Crippen molar-refractivity contribution in [2.75, 3.05) is 18.4 Å². The van der Waals surface area contributed by atoms with E-state index in [0.29, 0.717) is 5.82 Å². The van der Waals surface area contributed by atoms with Crippen molar-refractivity contribution in [3.05, 3.63) is 30.2 Å². The van der Waals surface area contributed by atoms with Gasteiger partial charge in [0.25, 0.3) is 0 Å². The van der Waals surface area contributed by atoms with E-state index in [-0.39, 0.29) is 23.9 Å². The fourth-order valence-electron chi connectivity index (χ4n) is 4.90. The molecule has 3 aromatic heterocycles. The van der Waals surface area contributed by atoms with Crippen LogP contribution in [0.15, 0.2) is 18.7 Å². The van der Waals surface area contributed by atoms with Gasteiger partial charge in [-0.25, -0.2) is 29.1 Å². The van der Waals surface area contributed by atoms with Crippen LogP contribution in [0.25, 0.3) is 22.4 Å². The summed E-state index contributed by atoms with van der Waals surface area (Å²) in [5, 5.41) is 7.27. The Morgan fingerprint density at radius 1 is 1.18 bits per heavy atom. The summed E-state index contributed by atoms with van der Waals surface area (Å²) in [6, 6.07) is 0.105. The van der Waals surface area contributed by atoms with Gasteiger partial charge >= 0.3 is 6.03 Å². The van der Waals surface area contributed by atoms with Crippen molar-refractivity contribution in [1.29, 1.82) is 0 Å². The van der Waals surface area contributed by atoms with Crippen LogP contribution in [0.5, 0.6) is 0 Å². The van der Waals surface area contributed by atoms with Crippen LogP contribution in [-0.2, 0) is 0 Å². The first-order chi connectivity index (χ1) is 16.5. The Hall–Kier alpha value is -2.22. The summed E-state index contributed by atoms with van der Waals surface area (Å²) in [5.74, 6) is 0.119. The molecule has 2 fully saturated rings. The molecule has 1 saturated carbocycles. The molecule has 4 heterocycles. The standard InChI is InChI=1S/C22H26FIN8OS/c1-13-18(16-10-25-12-27-21(16)32(13)34-24)20-26-11-17(23)19(30-20)28-14-5-4-6-15(9-14)29-22(33)31-7-2-3-8-31/h10-12,14-15H,2-9H2,1H3,(H,29,33)(H,26,28,30)/t14-,15+/m1/s1. The molecule has 0 spiro atoms. The molecule has 1 saturated heterocycles. The fraction of sp³-hybridized carbons (Fsp3) is 0.500. The van der Waals surface area contributed by atoms with Gasteiger partial charge in [-0.3, -0.25) is 3.97 Å². The van der Waals surface area contributed by atoms with Gasteiger partial charge in [0.1, 0.15) is 6.33 Å². The Kier molecular flexibility index (Phi) is 7.04. The van der Waals surface area contributed by atoms with Gasteiger partial charge in [-0.05, 0) is 45.4 Å². The lowest BCUT2D eigenvalue weighted by atomic mass is 9.91. The van der Waals surface area contributed by atoms with Crippen LogP contribution in [0.2, 0.25) is 0 Å². The molecule has 2 atom stereocenters. The number of rotatable bonds is 5. The maximum atomic E-state index is 14.7. The number of carbonyl (C=O) groups excluding carboxylic acids is 1. The SMILES string of the molecule is Cc1c(-c2ncc(F)c(N[C@@H]3CCC[C@H](NC(=O)N4CCCC4)C3)n2)c2cncnc2n1SI. The highest BCUT2D eigenvalue weighted by molar-refractivity contribution is 14.2. The van der Waals surface area contributed by atoms with Gasteiger partial charge in [0.05, 0.1) is 11.8 Å². The van der Waals surface area contributed by atoms with Gasteiger partial charge in [0, 0.05) is 72.8 Å². The van der Waals surface area contributed by atoms with E-state index in [1.807, 2.05) is 15.8 Å². The lowest BCUT2D eigenvalue weighted by molar-refractivity contribution is 0.199. The van der Waals surface area contributed by atoms with E-state index >= 15 is 0 Å². The number of likely N-dealkylation sites (tertiary alicyclic amines) is 1. The summed E-state index contributed by atoms with van der Waals surface area (Å²) in [6.07, 6.45) is 10.1. The van der Waals surface area contributed by atoms with Gasteiger partial charge in [-0.15, -0.1) is 0 Å². The van der Waals surface area contributed by atoms with Gasteiger partial charge in [-0.2, -0.15) is 0 Å². The van der Waals surface area contributed by atoms with Crippen LogP contribution in [0.1, 0.15) is 44.2 Å². The molecular formula is C22H26FIN8OS. The molecule has 2 aliphatic rings. The van der Waals surface area contributed by atoms with Gasteiger partial charge in [0.15, 0.2) is 23.1 Å². The third-order valence-corrected chi connectivity index (χ3v) is 8.36. The Morgan fingerprint density at radius 2 is 1.97 bits per heavy atom. The monoisotopic (exact) mass is 596 g/mol. The summed E-state index contributed by atoms with van der Waals surface area (Å²) in [6.45, 7) is 3.62. The summed E-state index contributed by atoms with van der Waals surface area (Å²) in [4.78, 5) is 31.8. The van der Waals surface area contributed by atoms with Gasteiger partial charge in [0.2, 0.25) is 0 Å². The Morgan fingerprint density at radius 3 is 2.76 bits per heavy atom. The van der Waals surface area contributed by atoms with Crippen molar-refractivity contribution in [3.63, 3.8) is 0 Å². The van der Waals surface area contributed by atoms with Crippen LogP contribution in [0.3, 0.4) is 0 Å². The highest BCUT2D eigenvalue weighted by atomic mass is 127. The largest absolute Gasteiger partial charge is 0.365 e. The Bertz CT molecular complexity index is 1200. The topological polar surface area (TPSA) is 101 Å². The molecule has 9 nitrogen and oxygen atoms in total. The number of amides is 2. The zero-order valence-electron chi connectivity index (χ0n) is 18.8. The van der Waals surface area contributed by atoms with E-state index in [0.717, 1.165) is 73.9 Å². The second kappa shape index (κ2) is 10.2. The van der Waals surface area contributed by atoms with E-state index in [9.17, 15) is 9.18 Å². The van der Waals surface area contributed by atoms with E-state index in [1.54, 1.807) is 6.20 Å². The maximum Gasteiger partial charge on any atom is 0.317 e. The van der Waals surface area contributed by atoms with E-state index in [2.05, 4.69) is 51.8 Å². The normalized spacial score (nSPS) is 20.6. The fourth-order valence-corrected chi connectivity index (χ4v) is 6.76. The average Bonchev–Trinajstić information content (AvgIpc) is 3.47. The highest BCUT2D eigenvalue weighted by Crippen LogP contribution is 2.36. The third-order valence-electron chi connectivity index (χ3n) is 6.59. The Balaban J connectivity index is 1.35. The number of hydrogen-bond acceptors (Lipinski definition) is 7. The number of carbonyl (C=O) groups is 1. The van der Waals surface area contributed by atoms with E-state index < -0.39 is 5.82 Å². The second-order valence-corrected chi connectivity index (χ2v) is 10.5. The third kappa shape index (κ3) is 4.66. The molecule has 34 heavy (non-hydrogen) atoms. The first-order valence-corrected chi connectivity index (χ1v) is 14.8. The number of hydrogen-bond donors (Lipinski definition) is 2. The second-order valence-electron chi connectivity index (χ2n) is 8.82. The van der Waals surface area contributed by atoms with Crippen molar-refractivity contribution < 1.29 is 9.18 Å². The van der Waals surface area contributed by atoms with Crippen molar-refractivity contribution in [3.8, 4) is 11.4 Å². The smallest absolute Gasteiger partial charge is 0.317 e.